The SMILES string of the molecule is CCn1ccnc1CNCCCCC(N)=O. The molecule has 0 saturated heterocycles. The van der Waals surface area contributed by atoms with Gasteiger partial charge >= 0.3 is 0 Å². The minimum atomic E-state index is -0.221. The molecule has 0 aliphatic carbocycles. The monoisotopic (exact) mass is 224 g/mol. The van der Waals surface area contributed by atoms with Crippen molar-refractivity contribution in [2.24, 2.45) is 5.73 Å². The maximum Gasteiger partial charge on any atom is 0.217 e. The molecular formula is C11H20N4O. The summed E-state index contributed by atoms with van der Waals surface area (Å²) in [6, 6.07) is 0. The zero-order valence-corrected chi connectivity index (χ0v) is 9.78. The average molecular weight is 224 g/mol. The van der Waals surface area contributed by atoms with Crippen molar-refractivity contribution in [3.63, 3.8) is 0 Å². The van der Waals surface area contributed by atoms with Crippen LogP contribution < -0.4 is 11.1 Å². The van der Waals surface area contributed by atoms with E-state index in [2.05, 4.69) is 21.8 Å². The summed E-state index contributed by atoms with van der Waals surface area (Å²) >= 11 is 0. The predicted octanol–water partition coefficient (Wildman–Crippen LogP) is 0.648. The lowest BCUT2D eigenvalue weighted by Crippen LogP contribution is -2.18. The van der Waals surface area contributed by atoms with Gasteiger partial charge in [-0.2, -0.15) is 0 Å². The molecule has 1 rings (SSSR count). The van der Waals surface area contributed by atoms with Crippen molar-refractivity contribution in [2.75, 3.05) is 6.54 Å². The summed E-state index contributed by atoms with van der Waals surface area (Å²) < 4.78 is 2.11. The summed E-state index contributed by atoms with van der Waals surface area (Å²) in [5, 5.41) is 3.30. The van der Waals surface area contributed by atoms with Crippen LogP contribution in [0.4, 0.5) is 0 Å². The van der Waals surface area contributed by atoms with E-state index < -0.39 is 0 Å². The van der Waals surface area contributed by atoms with E-state index in [0.717, 1.165) is 38.3 Å². The number of nitrogens with one attached hydrogen (secondary N) is 1. The van der Waals surface area contributed by atoms with Crippen LogP contribution in [-0.4, -0.2) is 22.0 Å². The lowest BCUT2D eigenvalue weighted by molar-refractivity contribution is -0.118. The van der Waals surface area contributed by atoms with Gasteiger partial charge in [-0.05, 0) is 26.3 Å². The lowest BCUT2D eigenvalue weighted by Gasteiger charge is -2.06. The van der Waals surface area contributed by atoms with Gasteiger partial charge < -0.3 is 15.6 Å². The highest BCUT2D eigenvalue weighted by Crippen LogP contribution is 1.97. The molecule has 16 heavy (non-hydrogen) atoms. The molecule has 5 heteroatoms. The Bertz CT molecular complexity index is 322. The number of unbranched alkanes of at least 4 members (excludes halogenated alkanes) is 1. The molecule has 90 valence electrons. The first-order valence-corrected chi connectivity index (χ1v) is 5.73. The highest BCUT2D eigenvalue weighted by atomic mass is 16.1. The van der Waals surface area contributed by atoms with Crippen LogP contribution in [0.15, 0.2) is 12.4 Å². The molecule has 0 fully saturated rings. The van der Waals surface area contributed by atoms with Crippen LogP contribution in [0.3, 0.4) is 0 Å². The number of carbonyl (C=O) groups is 1. The molecule has 3 N–H and O–H groups in total. The first-order chi connectivity index (χ1) is 7.74. The maximum atomic E-state index is 10.5. The number of hydrogen-bond acceptors (Lipinski definition) is 3. The Balaban J connectivity index is 2.09. The molecule has 0 radical (unpaired) electrons. The van der Waals surface area contributed by atoms with Crippen molar-refractivity contribution in [1.82, 2.24) is 14.9 Å². The fraction of sp³-hybridized carbons (Fsp3) is 0.636. The van der Waals surface area contributed by atoms with E-state index in [-0.39, 0.29) is 5.91 Å². The molecule has 0 unspecified atom stereocenters. The molecule has 0 atom stereocenters. The molecule has 1 aromatic heterocycles. The summed E-state index contributed by atoms with van der Waals surface area (Å²) in [5.74, 6) is 0.832. The number of aromatic nitrogens is 2. The Hall–Kier alpha value is -1.36. The number of imidazole rings is 1. The number of nitrogens with zero attached hydrogens (tertiary/aromatic N) is 2. The molecule has 0 aliphatic rings. The summed E-state index contributed by atoms with van der Waals surface area (Å²) in [6.07, 6.45) is 6.09. The van der Waals surface area contributed by atoms with Gasteiger partial charge in [-0.1, -0.05) is 0 Å². The van der Waals surface area contributed by atoms with E-state index >= 15 is 0 Å². The maximum absolute atomic E-state index is 10.5. The zero-order valence-electron chi connectivity index (χ0n) is 9.78. The average Bonchev–Trinajstić information content (AvgIpc) is 2.70. The third kappa shape index (κ3) is 4.44. The fourth-order valence-corrected chi connectivity index (χ4v) is 1.54. The minimum absolute atomic E-state index is 0.221. The lowest BCUT2D eigenvalue weighted by atomic mass is 10.2. The summed E-state index contributed by atoms with van der Waals surface area (Å²) in [7, 11) is 0. The van der Waals surface area contributed by atoms with E-state index in [0.29, 0.717) is 6.42 Å². The number of aryl methyl sites for hydroxylation is 1. The molecule has 0 spiro atoms. The topological polar surface area (TPSA) is 72.9 Å². The van der Waals surface area contributed by atoms with E-state index in [9.17, 15) is 4.79 Å². The van der Waals surface area contributed by atoms with Gasteiger partial charge in [0.25, 0.3) is 0 Å². The van der Waals surface area contributed by atoms with Gasteiger partial charge in [0.05, 0.1) is 6.54 Å². The van der Waals surface area contributed by atoms with Crippen molar-refractivity contribution in [3.05, 3.63) is 18.2 Å². The molecule has 5 nitrogen and oxygen atoms in total. The Labute approximate surface area is 96.0 Å². The Kier molecular flexibility index (Phi) is 5.56. The van der Waals surface area contributed by atoms with Gasteiger partial charge in [0.1, 0.15) is 5.82 Å². The molecule has 0 aliphatic heterocycles. The van der Waals surface area contributed by atoms with E-state index in [1.165, 1.54) is 0 Å². The van der Waals surface area contributed by atoms with Gasteiger partial charge in [-0.15, -0.1) is 0 Å². The molecular weight excluding hydrogens is 204 g/mol. The number of nitrogens with two attached hydrogens (primary N) is 1. The largest absolute Gasteiger partial charge is 0.370 e. The second kappa shape index (κ2) is 7.00. The van der Waals surface area contributed by atoms with Crippen molar-refractivity contribution in [1.29, 1.82) is 0 Å². The van der Waals surface area contributed by atoms with Gasteiger partial charge in [0, 0.05) is 25.4 Å². The smallest absolute Gasteiger partial charge is 0.217 e. The summed E-state index contributed by atoms with van der Waals surface area (Å²) in [4.78, 5) is 14.8. The number of rotatable bonds is 8. The number of amides is 1. The van der Waals surface area contributed by atoms with Crippen LogP contribution in [0.1, 0.15) is 32.0 Å². The molecule has 0 saturated carbocycles. The second-order valence-electron chi connectivity index (χ2n) is 3.73. The van der Waals surface area contributed by atoms with Crippen LogP contribution in [0.5, 0.6) is 0 Å². The van der Waals surface area contributed by atoms with Crippen LogP contribution in [0.2, 0.25) is 0 Å². The minimum Gasteiger partial charge on any atom is -0.370 e. The van der Waals surface area contributed by atoms with Gasteiger partial charge in [-0.3, -0.25) is 4.79 Å². The molecule has 0 bridgehead atoms. The number of primary amides is 1. The zero-order chi connectivity index (χ0) is 11.8. The molecule has 1 amide bonds. The van der Waals surface area contributed by atoms with Crippen molar-refractivity contribution >= 4 is 5.91 Å². The van der Waals surface area contributed by atoms with Gasteiger partial charge in [-0.25, -0.2) is 4.98 Å². The standard InChI is InChI=1S/C11H20N4O/c1-2-15-8-7-14-11(15)9-13-6-4-3-5-10(12)16/h7-8,13H,2-6,9H2,1H3,(H2,12,16). The first-order valence-electron chi connectivity index (χ1n) is 5.73. The van der Waals surface area contributed by atoms with E-state index in [4.69, 9.17) is 5.73 Å². The molecule has 1 aromatic rings. The van der Waals surface area contributed by atoms with Crippen molar-refractivity contribution < 1.29 is 4.79 Å². The highest BCUT2D eigenvalue weighted by molar-refractivity contribution is 5.73. The first kappa shape index (κ1) is 12.7. The van der Waals surface area contributed by atoms with Crippen LogP contribution >= 0.6 is 0 Å². The molecule has 0 aromatic carbocycles. The van der Waals surface area contributed by atoms with Crippen LogP contribution in [0, 0.1) is 0 Å². The van der Waals surface area contributed by atoms with Gasteiger partial charge in [0.15, 0.2) is 0 Å². The highest BCUT2D eigenvalue weighted by Gasteiger charge is 1.99. The van der Waals surface area contributed by atoms with Crippen molar-refractivity contribution in [2.45, 2.75) is 39.3 Å². The van der Waals surface area contributed by atoms with Gasteiger partial charge in [0.2, 0.25) is 5.91 Å². The van der Waals surface area contributed by atoms with Crippen LogP contribution in [0.25, 0.3) is 0 Å². The van der Waals surface area contributed by atoms with E-state index in [1.807, 2.05) is 12.4 Å². The number of carbonyl (C=O) groups excluding carboxylic acids is 1. The third-order valence-electron chi connectivity index (χ3n) is 2.45. The normalized spacial score (nSPS) is 10.6. The Morgan fingerprint density at radius 1 is 1.56 bits per heavy atom. The summed E-state index contributed by atoms with van der Waals surface area (Å²) in [6.45, 7) is 4.71. The fourth-order valence-electron chi connectivity index (χ4n) is 1.54. The van der Waals surface area contributed by atoms with E-state index in [1.54, 1.807) is 0 Å². The van der Waals surface area contributed by atoms with Crippen LogP contribution in [-0.2, 0) is 17.9 Å². The molecule has 1 heterocycles. The Morgan fingerprint density at radius 2 is 2.38 bits per heavy atom. The third-order valence-corrected chi connectivity index (χ3v) is 2.45. The Morgan fingerprint density at radius 3 is 3.06 bits per heavy atom. The van der Waals surface area contributed by atoms with Crippen molar-refractivity contribution in [3.8, 4) is 0 Å². The number of hydrogen-bond donors (Lipinski definition) is 2. The quantitative estimate of drug-likeness (QED) is 0.637. The predicted molar refractivity (Wildman–Crippen MR) is 62.7 cm³/mol. The summed E-state index contributed by atoms with van der Waals surface area (Å²) in [5.41, 5.74) is 5.05. The second-order valence-corrected chi connectivity index (χ2v) is 3.73.